The van der Waals surface area contributed by atoms with Gasteiger partial charge in [-0.2, -0.15) is 0 Å². The molecule has 3 atom stereocenters. The standard InChI is InChI=1S/C21H28N2O8/c1-2-31-14-8-6-13(7-9-14)11-16(19(27)28)23-18(26)15-12-21(15,30)20(29)22-10-4-3-5-17(24)25/h6-9,15-16,30H,2-5,10-12H2,1H3,(H,22,29)(H,23,26)(H,24,25)(H,27,28)/t15-,16+,21-/m1/s1. The first-order valence-electron chi connectivity index (χ1n) is 10.1. The quantitative estimate of drug-likeness (QED) is 0.276. The summed E-state index contributed by atoms with van der Waals surface area (Å²) >= 11 is 0. The van der Waals surface area contributed by atoms with Crippen molar-refractivity contribution in [2.24, 2.45) is 5.92 Å². The third-order valence-corrected chi connectivity index (χ3v) is 5.03. The van der Waals surface area contributed by atoms with Gasteiger partial charge in [0.15, 0.2) is 5.60 Å². The summed E-state index contributed by atoms with van der Waals surface area (Å²) in [7, 11) is 0. The summed E-state index contributed by atoms with van der Waals surface area (Å²) in [5.74, 6) is -3.97. The second-order valence-corrected chi connectivity index (χ2v) is 7.47. The van der Waals surface area contributed by atoms with E-state index in [1.165, 1.54) is 0 Å². The maximum Gasteiger partial charge on any atom is 0.326 e. The maximum atomic E-state index is 12.4. The van der Waals surface area contributed by atoms with Crippen molar-refractivity contribution in [1.82, 2.24) is 10.6 Å². The first-order chi connectivity index (χ1) is 14.7. The molecular formula is C21H28N2O8. The van der Waals surface area contributed by atoms with Crippen LogP contribution in [0.15, 0.2) is 24.3 Å². The Kier molecular flexibility index (Phi) is 8.38. The van der Waals surface area contributed by atoms with Crippen molar-refractivity contribution in [2.45, 2.75) is 50.7 Å². The lowest BCUT2D eigenvalue weighted by molar-refractivity contribution is -0.142. The Morgan fingerprint density at radius 1 is 1.16 bits per heavy atom. The van der Waals surface area contributed by atoms with Gasteiger partial charge >= 0.3 is 11.9 Å². The summed E-state index contributed by atoms with van der Waals surface area (Å²) in [5.41, 5.74) is -1.19. The van der Waals surface area contributed by atoms with Crippen LogP contribution in [0.5, 0.6) is 5.75 Å². The van der Waals surface area contributed by atoms with E-state index >= 15 is 0 Å². The Labute approximate surface area is 179 Å². The number of carbonyl (C=O) groups is 4. The Hall–Kier alpha value is -3.14. The summed E-state index contributed by atoms with van der Waals surface area (Å²) in [5, 5.41) is 33.3. The van der Waals surface area contributed by atoms with E-state index in [0.717, 1.165) is 0 Å². The van der Waals surface area contributed by atoms with E-state index in [4.69, 9.17) is 9.84 Å². The van der Waals surface area contributed by atoms with Crippen LogP contribution in [-0.4, -0.2) is 63.9 Å². The predicted octanol–water partition coefficient (Wildman–Crippen LogP) is 0.319. The highest BCUT2D eigenvalue weighted by Gasteiger charge is 2.63. The number of carboxylic acid groups (broad SMARTS) is 2. The molecule has 5 N–H and O–H groups in total. The van der Waals surface area contributed by atoms with Gasteiger partial charge < -0.3 is 30.7 Å². The zero-order valence-corrected chi connectivity index (χ0v) is 17.3. The highest BCUT2D eigenvalue weighted by molar-refractivity contribution is 5.99. The fourth-order valence-corrected chi connectivity index (χ4v) is 3.17. The molecule has 0 saturated heterocycles. The molecule has 1 aromatic rings. The summed E-state index contributed by atoms with van der Waals surface area (Å²) < 4.78 is 5.34. The molecule has 1 aliphatic rings. The fraction of sp³-hybridized carbons (Fsp3) is 0.524. The number of aliphatic carboxylic acids is 2. The summed E-state index contributed by atoms with van der Waals surface area (Å²) in [4.78, 5) is 46.6. The number of benzene rings is 1. The lowest BCUT2D eigenvalue weighted by atomic mass is 10.1. The third kappa shape index (κ3) is 6.95. The molecule has 10 nitrogen and oxygen atoms in total. The zero-order chi connectivity index (χ0) is 23.0. The van der Waals surface area contributed by atoms with E-state index in [1.807, 2.05) is 6.92 Å². The van der Waals surface area contributed by atoms with Gasteiger partial charge in [0.2, 0.25) is 5.91 Å². The number of amides is 2. The second kappa shape index (κ2) is 10.8. The van der Waals surface area contributed by atoms with E-state index in [-0.39, 0.29) is 25.8 Å². The summed E-state index contributed by atoms with van der Waals surface area (Å²) in [6.45, 7) is 2.54. The van der Waals surface area contributed by atoms with E-state index in [9.17, 15) is 29.4 Å². The Balaban J connectivity index is 1.85. The van der Waals surface area contributed by atoms with Crippen LogP contribution >= 0.6 is 0 Å². The van der Waals surface area contributed by atoms with Crippen LogP contribution in [0.3, 0.4) is 0 Å². The summed E-state index contributed by atoms with van der Waals surface area (Å²) in [6.07, 6.45) is 0.720. The van der Waals surface area contributed by atoms with E-state index in [1.54, 1.807) is 24.3 Å². The number of ether oxygens (including phenoxy) is 1. The minimum atomic E-state index is -1.88. The normalized spacial score (nSPS) is 20.4. The number of nitrogens with one attached hydrogen (secondary N) is 2. The van der Waals surface area contributed by atoms with Gasteiger partial charge in [-0.3, -0.25) is 14.4 Å². The SMILES string of the molecule is CCOc1ccc(C[C@H](NC(=O)[C@H]2C[C@]2(O)C(=O)NCCCCC(=O)O)C(=O)O)cc1. The molecular weight excluding hydrogens is 408 g/mol. The third-order valence-electron chi connectivity index (χ3n) is 5.03. The van der Waals surface area contributed by atoms with Gasteiger partial charge in [-0.25, -0.2) is 4.79 Å². The van der Waals surface area contributed by atoms with Crippen LogP contribution in [0.25, 0.3) is 0 Å². The highest BCUT2D eigenvalue weighted by Crippen LogP contribution is 2.43. The minimum absolute atomic E-state index is 0.0178. The van der Waals surface area contributed by atoms with Gasteiger partial charge in [-0.05, 0) is 37.5 Å². The Bertz CT molecular complexity index is 810. The molecule has 1 aliphatic carbocycles. The van der Waals surface area contributed by atoms with Crippen molar-refractivity contribution >= 4 is 23.8 Å². The zero-order valence-electron chi connectivity index (χ0n) is 17.3. The molecule has 1 fully saturated rings. The van der Waals surface area contributed by atoms with Gasteiger partial charge in [-0.15, -0.1) is 0 Å². The smallest absolute Gasteiger partial charge is 0.326 e. The largest absolute Gasteiger partial charge is 0.494 e. The molecule has 0 aliphatic heterocycles. The van der Waals surface area contributed by atoms with Crippen LogP contribution in [0.2, 0.25) is 0 Å². The molecule has 0 aromatic heterocycles. The van der Waals surface area contributed by atoms with Crippen molar-refractivity contribution in [3.63, 3.8) is 0 Å². The lowest BCUT2D eigenvalue weighted by Gasteiger charge is -2.16. The number of hydrogen-bond acceptors (Lipinski definition) is 6. The Morgan fingerprint density at radius 3 is 2.42 bits per heavy atom. The minimum Gasteiger partial charge on any atom is -0.494 e. The molecule has 170 valence electrons. The molecule has 0 heterocycles. The molecule has 1 saturated carbocycles. The number of carboxylic acids is 2. The highest BCUT2D eigenvalue weighted by atomic mass is 16.5. The fourth-order valence-electron chi connectivity index (χ4n) is 3.17. The van der Waals surface area contributed by atoms with Gasteiger partial charge in [0.25, 0.3) is 5.91 Å². The number of hydrogen-bond donors (Lipinski definition) is 5. The topological polar surface area (TPSA) is 162 Å². The average Bonchev–Trinajstić information content (AvgIpc) is 3.41. The van der Waals surface area contributed by atoms with Crippen LogP contribution in [0.4, 0.5) is 0 Å². The number of unbranched alkanes of at least 4 members (excludes halogenated alkanes) is 1. The van der Waals surface area contributed by atoms with Crippen molar-refractivity contribution in [3.05, 3.63) is 29.8 Å². The molecule has 0 bridgehead atoms. The molecule has 0 radical (unpaired) electrons. The molecule has 10 heteroatoms. The van der Waals surface area contributed by atoms with Crippen molar-refractivity contribution in [2.75, 3.05) is 13.2 Å². The van der Waals surface area contributed by atoms with Crippen LogP contribution < -0.4 is 15.4 Å². The predicted molar refractivity (Wildman–Crippen MR) is 108 cm³/mol. The second-order valence-electron chi connectivity index (χ2n) is 7.47. The number of rotatable bonds is 13. The van der Waals surface area contributed by atoms with Crippen molar-refractivity contribution in [3.8, 4) is 5.75 Å². The molecule has 0 spiro atoms. The molecule has 0 unspecified atom stereocenters. The summed E-state index contributed by atoms with van der Waals surface area (Å²) in [6, 6.07) is 5.62. The van der Waals surface area contributed by atoms with Gasteiger partial charge in [-0.1, -0.05) is 12.1 Å². The number of carbonyl (C=O) groups excluding carboxylic acids is 2. The lowest BCUT2D eigenvalue weighted by Crippen LogP contribution is -2.46. The monoisotopic (exact) mass is 436 g/mol. The van der Waals surface area contributed by atoms with Crippen LogP contribution in [0, 0.1) is 5.92 Å². The van der Waals surface area contributed by atoms with Gasteiger partial charge in [0, 0.05) is 25.8 Å². The van der Waals surface area contributed by atoms with E-state index in [0.29, 0.717) is 30.8 Å². The first-order valence-corrected chi connectivity index (χ1v) is 10.1. The van der Waals surface area contributed by atoms with Crippen molar-refractivity contribution < 1.29 is 39.2 Å². The average molecular weight is 436 g/mol. The van der Waals surface area contributed by atoms with Gasteiger partial charge in [0.1, 0.15) is 11.8 Å². The Morgan fingerprint density at radius 2 is 1.84 bits per heavy atom. The van der Waals surface area contributed by atoms with Crippen LogP contribution in [0.1, 0.15) is 38.2 Å². The molecule has 2 amide bonds. The maximum absolute atomic E-state index is 12.4. The van der Waals surface area contributed by atoms with Crippen LogP contribution in [-0.2, 0) is 25.6 Å². The molecule has 1 aromatic carbocycles. The molecule has 2 rings (SSSR count). The van der Waals surface area contributed by atoms with Crippen molar-refractivity contribution in [1.29, 1.82) is 0 Å². The number of aliphatic hydroxyl groups is 1. The van der Waals surface area contributed by atoms with Gasteiger partial charge in [0.05, 0.1) is 12.5 Å². The van der Waals surface area contributed by atoms with E-state index < -0.39 is 41.3 Å². The molecule has 31 heavy (non-hydrogen) atoms. The van der Waals surface area contributed by atoms with E-state index in [2.05, 4.69) is 10.6 Å². The first kappa shape index (κ1) is 24.1.